The van der Waals surface area contributed by atoms with Gasteiger partial charge in [-0.2, -0.15) is 0 Å². The number of benzene rings is 3. The number of nitrogens with one attached hydrogen (secondary N) is 1. The van der Waals surface area contributed by atoms with E-state index in [1.54, 1.807) is 13.0 Å². The molecule has 1 N–H and O–H groups in total. The van der Waals surface area contributed by atoms with Crippen molar-refractivity contribution in [3.05, 3.63) is 87.5 Å². The fourth-order valence-corrected chi connectivity index (χ4v) is 4.32. The van der Waals surface area contributed by atoms with Crippen LogP contribution in [0.1, 0.15) is 40.4 Å². The summed E-state index contributed by atoms with van der Waals surface area (Å²) in [6, 6.07) is 19.2. The second kappa shape index (κ2) is 8.63. The number of aryl methyl sites for hydroxylation is 1. The van der Waals surface area contributed by atoms with Crippen LogP contribution in [0.25, 0.3) is 10.8 Å². The van der Waals surface area contributed by atoms with Gasteiger partial charge >= 0.3 is 0 Å². The molecular weight excluding hydrogens is 378 g/mol. The second-order valence-corrected chi connectivity index (χ2v) is 7.80. The van der Waals surface area contributed by atoms with Gasteiger partial charge in [0.2, 0.25) is 0 Å². The molecule has 0 unspecified atom stereocenters. The van der Waals surface area contributed by atoms with Crippen LogP contribution in [0.5, 0.6) is 0 Å². The minimum atomic E-state index is -0.430. The number of carbonyl (C=O) groups excluding carboxylic acids is 1. The van der Waals surface area contributed by atoms with E-state index in [2.05, 4.69) is 40.5 Å². The Morgan fingerprint density at radius 1 is 1.10 bits per heavy atom. The average molecular weight is 403 g/mol. The quantitative estimate of drug-likeness (QED) is 0.481. The molecule has 3 aromatic rings. The summed E-state index contributed by atoms with van der Waals surface area (Å²) in [5.74, 6) is -0.211. The Hall–Kier alpha value is -3.25. The Morgan fingerprint density at radius 2 is 1.83 bits per heavy atom. The number of likely N-dealkylation sites (tertiary alicyclic amines) is 1. The molecule has 1 aliphatic heterocycles. The molecule has 1 heterocycles. The lowest BCUT2D eigenvalue weighted by Crippen LogP contribution is -2.37. The van der Waals surface area contributed by atoms with Crippen molar-refractivity contribution < 1.29 is 9.72 Å². The molecule has 30 heavy (non-hydrogen) atoms. The number of nitrogens with zero attached hydrogens (tertiary/aromatic N) is 2. The number of nitro benzene ring substituents is 1. The fraction of sp³-hybridized carbons (Fsp3) is 0.292. The molecule has 154 valence electrons. The molecule has 1 fully saturated rings. The second-order valence-electron chi connectivity index (χ2n) is 7.80. The van der Waals surface area contributed by atoms with Crippen LogP contribution >= 0.6 is 0 Å². The summed E-state index contributed by atoms with van der Waals surface area (Å²) in [5, 5.41) is 16.5. The maximum atomic E-state index is 12.8. The molecule has 3 aromatic carbocycles. The van der Waals surface area contributed by atoms with Gasteiger partial charge in [-0.05, 0) is 61.3 Å². The molecule has 0 aromatic heterocycles. The normalized spacial score (nSPS) is 15.2. The molecule has 1 atom stereocenters. The fourth-order valence-electron chi connectivity index (χ4n) is 4.32. The highest BCUT2D eigenvalue weighted by molar-refractivity contribution is 5.94. The maximum Gasteiger partial charge on any atom is 0.272 e. The SMILES string of the molecule is Cc1cc(C(=O)NC[C@@H](c2cccc3ccccc23)N2CCCC2)ccc1[N+](=O)[O-]. The summed E-state index contributed by atoms with van der Waals surface area (Å²) in [6.07, 6.45) is 2.33. The monoisotopic (exact) mass is 403 g/mol. The Labute approximate surface area is 175 Å². The van der Waals surface area contributed by atoms with Gasteiger partial charge in [0.25, 0.3) is 11.6 Å². The third kappa shape index (κ3) is 4.04. The molecule has 6 nitrogen and oxygen atoms in total. The van der Waals surface area contributed by atoms with Crippen molar-refractivity contribution in [2.75, 3.05) is 19.6 Å². The van der Waals surface area contributed by atoms with Crippen molar-refractivity contribution in [3.63, 3.8) is 0 Å². The average Bonchev–Trinajstić information content (AvgIpc) is 3.28. The number of fused-ring (bicyclic) bond motifs is 1. The molecule has 0 aliphatic carbocycles. The van der Waals surface area contributed by atoms with Gasteiger partial charge in [0.15, 0.2) is 0 Å². The van der Waals surface area contributed by atoms with Crippen LogP contribution in [-0.2, 0) is 0 Å². The third-order valence-corrected chi connectivity index (χ3v) is 5.88. The van der Waals surface area contributed by atoms with Crippen LogP contribution < -0.4 is 5.32 Å². The van der Waals surface area contributed by atoms with E-state index in [1.807, 2.05) is 12.1 Å². The van der Waals surface area contributed by atoms with Crippen LogP contribution in [0.3, 0.4) is 0 Å². The molecule has 0 bridgehead atoms. The van der Waals surface area contributed by atoms with Crippen molar-refractivity contribution in [2.24, 2.45) is 0 Å². The molecule has 0 spiro atoms. The van der Waals surface area contributed by atoms with Gasteiger partial charge in [-0.1, -0.05) is 42.5 Å². The van der Waals surface area contributed by atoms with Crippen LogP contribution in [0, 0.1) is 17.0 Å². The summed E-state index contributed by atoms with van der Waals surface area (Å²) in [5.41, 5.74) is 2.17. The first-order valence-electron chi connectivity index (χ1n) is 10.3. The third-order valence-electron chi connectivity index (χ3n) is 5.88. The largest absolute Gasteiger partial charge is 0.350 e. The van der Waals surface area contributed by atoms with E-state index in [0.29, 0.717) is 17.7 Å². The zero-order chi connectivity index (χ0) is 21.1. The lowest BCUT2D eigenvalue weighted by Gasteiger charge is -2.29. The first-order valence-corrected chi connectivity index (χ1v) is 10.3. The highest BCUT2D eigenvalue weighted by Crippen LogP contribution is 2.30. The van der Waals surface area contributed by atoms with Gasteiger partial charge in [-0.15, -0.1) is 0 Å². The van der Waals surface area contributed by atoms with Crippen LogP contribution in [0.4, 0.5) is 5.69 Å². The minimum Gasteiger partial charge on any atom is -0.350 e. The lowest BCUT2D eigenvalue weighted by molar-refractivity contribution is -0.385. The highest BCUT2D eigenvalue weighted by Gasteiger charge is 2.25. The van der Waals surface area contributed by atoms with Crippen molar-refractivity contribution in [1.82, 2.24) is 10.2 Å². The van der Waals surface area contributed by atoms with Crippen LogP contribution in [-0.4, -0.2) is 35.4 Å². The van der Waals surface area contributed by atoms with E-state index in [1.165, 1.54) is 28.5 Å². The van der Waals surface area contributed by atoms with Crippen molar-refractivity contribution in [1.29, 1.82) is 0 Å². The molecule has 1 aliphatic rings. The molecule has 1 saturated heterocycles. The van der Waals surface area contributed by atoms with Gasteiger partial charge in [0, 0.05) is 23.7 Å². The minimum absolute atomic E-state index is 0.0252. The standard InChI is InChI=1S/C24H25N3O3/c1-17-15-19(11-12-22(17)27(29)30)24(28)25-16-23(26-13-4-5-14-26)21-10-6-8-18-7-2-3-9-20(18)21/h2-3,6-12,15,23H,4-5,13-14,16H2,1H3,(H,25,28)/t23-/m0/s1. The smallest absolute Gasteiger partial charge is 0.272 e. The van der Waals surface area contributed by atoms with E-state index in [4.69, 9.17) is 0 Å². The van der Waals surface area contributed by atoms with Gasteiger partial charge in [-0.25, -0.2) is 0 Å². The number of hydrogen-bond donors (Lipinski definition) is 1. The molecule has 4 rings (SSSR count). The van der Waals surface area contributed by atoms with Gasteiger partial charge in [0.1, 0.15) is 0 Å². The number of amides is 1. The Kier molecular flexibility index (Phi) is 5.77. The number of nitro groups is 1. The van der Waals surface area contributed by atoms with E-state index in [9.17, 15) is 14.9 Å². The Balaban J connectivity index is 1.58. The number of hydrogen-bond acceptors (Lipinski definition) is 4. The predicted octanol–water partition coefficient (Wildman–Crippen LogP) is 4.62. The first-order chi connectivity index (χ1) is 14.5. The maximum absolute atomic E-state index is 12.8. The molecule has 0 saturated carbocycles. The molecule has 6 heteroatoms. The van der Waals surface area contributed by atoms with Gasteiger partial charge < -0.3 is 5.32 Å². The van der Waals surface area contributed by atoms with Crippen LogP contribution in [0.15, 0.2) is 60.7 Å². The number of rotatable bonds is 6. The Morgan fingerprint density at radius 3 is 2.57 bits per heavy atom. The van der Waals surface area contributed by atoms with Crippen LogP contribution in [0.2, 0.25) is 0 Å². The summed E-state index contributed by atoms with van der Waals surface area (Å²) in [4.78, 5) is 25.8. The topological polar surface area (TPSA) is 75.5 Å². The van der Waals surface area contributed by atoms with Gasteiger partial charge in [0.05, 0.1) is 11.0 Å². The molecule has 1 amide bonds. The van der Waals surface area contributed by atoms with E-state index < -0.39 is 4.92 Å². The molecular formula is C24H25N3O3. The highest BCUT2D eigenvalue weighted by atomic mass is 16.6. The van der Waals surface area contributed by atoms with E-state index in [-0.39, 0.29) is 17.6 Å². The Bertz CT molecular complexity index is 1080. The van der Waals surface area contributed by atoms with Crippen molar-refractivity contribution in [3.8, 4) is 0 Å². The first kappa shape index (κ1) is 20.0. The van der Waals surface area contributed by atoms with Crippen molar-refractivity contribution in [2.45, 2.75) is 25.8 Å². The van der Waals surface area contributed by atoms with Crippen molar-refractivity contribution >= 4 is 22.4 Å². The van der Waals surface area contributed by atoms with E-state index in [0.717, 1.165) is 25.9 Å². The summed E-state index contributed by atoms with van der Waals surface area (Å²) < 4.78 is 0. The summed E-state index contributed by atoms with van der Waals surface area (Å²) >= 11 is 0. The lowest BCUT2D eigenvalue weighted by atomic mass is 9.97. The summed E-state index contributed by atoms with van der Waals surface area (Å²) in [7, 11) is 0. The number of carbonyl (C=O) groups is 1. The summed E-state index contributed by atoms with van der Waals surface area (Å²) in [6.45, 7) is 4.17. The van der Waals surface area contributed by atoms with E-state index >= 15 is 0 Å². The predicted molar refractivity (Wildman–Crippen MR) is 118 cm³/mol. The van der Waals surface area contributed by atoms with Gasteiger partial charge in [-0.3, -0.25) is 19.8 Å². The molecule has 0 radical (unpaired) electrons. The zero-order valence-electron chi connectivity index (χ0n) is 17.0. The zero-order valence-corrected chi connectivity index (χ0v) is 17.0.